The molecule has 0 fully saturated rings. The van der Waals surface area contributed by atoms with Crippen LogP contribution in [0.2, 0.25) is 0 Å². The van der Waals surface area contributed by atoms with Crippen LogP contribution < -0.4 is 5.32 Å². The minimum Gasteiger partial charge on any atom is -0.382 e. The van der Waals surface area contributed by atoms with Crippen molar-refractivity contribution in [3.63, 3.8) is 0 Å². The van der Waals surface area contributed by atoms with Gasteiger partial charge in [0.1, 0.15) is 0 Å². The van der Waals surface area contributed by atoms with Crippen molar-refractivity contribution >= 4 is 0 Å². The number of pyridine rings is 1. The van der Waals surface area contributed by atoms with Crippen molar-refractivity contribution < 1.29 is 9.47 Å². The largest absolute Gasteiger partial charge is 0.382 e. The third-order valence-electron chi connectivity index (χ3n) is 2.26. The van der Waals surface area contributed by atoms with Crippen molar-refractivity contribution in [2.45, 2.75) is 13.0 Å². The minimum atomic E-state index is 0.257. The maximum absolute atomic E-state index is 5.35. The topological polar surface area (TPSA) is 43.4 Å². The van der Waals surface area contributed by atoms with Crippen LogP contribution >= 0.6 is 0 Å². The Morgan fingerprint density at radius 1 is 1.31 bits per heavy atom. The van der Waals surface area contributed by atoms with Crippen LogP contribution in [0.25, 0.3) is 0 Å². The quantitative estimate of drug-likeness (QED) is 0.678. The standard InChI is InChI=1S/C12H20N2O2/c1-11(12-5-3-4-6-14-12)13-7-8-16-10-9-15-2/h3-6,11,13H,7-10H2,1-2H3/t11-/m1/s1. The molecule has 4 nitrogen and oxygen atoms in total. The highest BCUT2D eigenvalue weighted by molar-refractivity contribution is 5.07. The molecule has 0 amide bonds. The Morgan fingerprint density at radius 3 is 2.88 bits per heavy atom. The molecule has 0 spiro atoms. The second-order valence-electron chi connectivity index (χ2n) is 3.54. The molecule has 0 aliphatic rings. The molecule has 0 radical (unpaired) electrons. The lowest BCUT2D eigenvalue weighted by molar-refractivity contribution is 0.0712. The summed E-state index contributed by atoms with van der Waals surface area (Å²) in [4.78, 5) is 4.28. The third kappa shape index (κ3) is 5.21. The molecule has 1 heterocycles. The molecule has 1 atom stereocenters. The second-order valence-corrected chi connectivity index (χ2v) is 3.54. The van der Waals surface area contributed by atoms with Crippen LogP contribution in [-0.4, -0.2) is 38.5 Å². The van der Waals surface area contributed by atoms with Crippen LogP contribution in [0.4, 0.5) is 0 Å². The molecule has 0 bridgehead atoms. The highest BCUT2D eigenvalue weighted by Gasteiger charge is 2.03. The van der Waals surface area contributed by atoms with E-state index < -0.39 is 0 Å². The molecule has 16 heavy (non-hydrogen) atoms. The Balaban J connectivity index is 2.09. The van der Waals surface area contributed by atoms with Crippen molar-refractivity contribution in [3.8, 4) is 0 Å². The molecule has 1 rings (SSSR count). The molecule has 90 valence electrons. The first-order chi connectivity index (χ1) is 7.84. The van der Waals surface area contributed by atoms with Gasteiger partial charge >= 0.3 is 0 Å². The van der Waals surface area contributed by atoms with Crippen molar-refractivity contribution in [1.29, 1.82) is 0 Å². The smallest absolute Gasteiger partial charge is 0.0700 e. The van der Waals surface area contributed by atoms with Gasteiger partial charge in [0.15, 0.2) is 0 Å². The molecule has 1 N–H and O–H groups in total. The lowest BCUT2D eigenvalue weighted by Crippen LogP contribution is -2.24. The number of nitrogens with zero attached hydrogens (tertiary/aromatic N) is 1. The van der Waals surface area contributed by atoms with Gasteiger partial charge in [-0.15, -0.1) is 0 Å². The van der Waals surface area contributed by atoms with Gasteiger partial charge in [0.05, 0.1) is 25.5 Å². The first-order valence-corrected chi connectivity index (χ1v) is 5.55. The van der Waals surface area contributed by atoms with Crippen LogP contribution in [0.3, 0.4) is 0 Å². The third-order valence-corrected chi connectivity index (χ3v) is 2.26. The van der Waals surface area contributed by atoms with Crippen LogP contribution in [0.1, 0.15) is 18.7 Å². The Bertz CT molecular complexity index is 267. The summed E-state index contributed by atoms with van der Waals surface area (Å²) >= 11 is 0. The molecule has 0 unspecified atom stereocenters. The Morgan fingerprint density at radius 2 is 2.19 bits per heavy atom. The summed E-state index contributed by atoms with van der Waals surface area (Å²) in [5.41, 5.74) is 1.05. The van der Waals surface area contributed by atoms with E-state index in [1.807, 2.05) is 24.4 Å². The van der Waals surface area contributed by atoms with Gasteiger partial charge in [0, 0.05) is 25.9 Å². The van der Waals surface area contributed by atoms with Gasteiger partial charge in [-0.05, 0) is 19.1 Å². The minimum absolute atomic E-state index is 0.257. The van der Waals surface area contributed by atoms with E-state index in [9.17, 15) is 0 Å². The van der Waals surface area contributed by atoms with E-state index in [0.29, 0.717) is 19.8 Å². The lowest BCUT2D eigenvalue weighted by Gasteiger charge is -2.13. The number of ether oxygens (including phenoxy) is 2. The summed E-state index contributed by atoms with van der Waals surface area (Å²) in [5, 5.41) is 3.35. The van der Waals surface area contributed by atoms with E-state index in [1.54, 1.807) is 7.11 Å². The molecular formula is C12H20N2O2. The predicted molar refractivity (Wildman–Crippen MR) is 63.3 cm³/mol. The summed E-state index contributed by atoms with van der Waals surface area (Å²) < 4.78 is 10.2. The van der Waals surface area contributed by atoms with E-state index >= 15 is 0 Å². The molecule has 0 aliphatic carbocycles. The maximum Gasteiger partial charge on any atom is 0.0700 e. The van der Waals surface area contributed by atoms with Gasteiger partial charge in [0.2, 0.25) is 0 Å². The number of hydrogen-bond acceptors (Lipinski definition) is 4. The van der Waals surface area contributed by atoms with Gasteiger partial charge in [-0.25, -0.2) is 0 Å². The number of methoxy groups -OCH3 is 1. The van der Waals surface area contributed by atoms with E-state index in [-0.39, 0.29) is 6.04 Å². The Hall–Kier alpha value is -0.970. The van der Waals surface area contributed by atoms with E-state index in [1.165, 1.54) is 0 Å². The first kappa shape index (κ1) is 13.1. The number of aromatic nitrogens is 1. The lowest BCUT2D eigenvalue weighted by atomic mass is 10.2. The van der Waals surface area contributed by atoms with Gasteiger partial charge in [-0.2, -0.15) is 0 Å². The second kappa shape index (κ2) is 8.21. The van der Waals surface area contributed by atoms with Crippen LogP contribution in [0.15, 0.2) is 24.4 Å². The average Bonchev–Trinajstić information content (AvgIpc) is 2.34. The zero-order valence-electron chi connectivity index (χ0n) is 9.98. The fraction of sp³-hybridized carbons (Fsp3) is 0.583. The highest BCUT2D eigenvalue weighted by Crippen LogP contribution is 2.06. The van der Waals surface area contributed by atoms with Crippen molar-refractivity contribution in [3.05, 3.63) is 30.1 Å². The van der Waals surface area contributed by atoms with E-state index in [4.69, 9.17) is 9.47 Å². The van der Waals surface area contributed by atoms with E-state index in [0.717, 1.165) is 12.2 Å². The Labute approximate surface area is 97.0 Å². The molecule has 0 saturated carbocycles. The molecule has 1 aromatic heterocycles. The van der Waals surface area contributed by atoms with Crippen molar-refractivity contribution in [2.75, 3.05) is 33.5 Å². The molecule has 1 aromatic rings. The van der Waals surface area contributed by atoms with Gasteiger partial charge in [-0.3, -0.25) is 4.98 Å². The summed E-state index contributed by atoms with van der Waals surface area (Å²) in [6.45, 7) is 4.91. The van der Waals surface area contributed by atoms with Crippen LogP contribution in [-0.2, 0) is 9.47 Å². The fourth-order valence-corrected chi connectivity index (χ4v) is 1.33. The molecule has 0 saturated heterocycles. The summed E-state index contributed by atoms with van der Waals surface area (Å²) in [6, 6.07) is 6.19. The normalized spacial score (nSPS) is 12.6. The summed E-state index contributed by atoms with van der Waals surface area (Å²) in [5.74, 6) is 0. The molecule has 0 aliphatic heterocycles. The Kier molecular flexibility index (Phi) is 6.72. The van der Waals surface area contributed by atoms with Gasteiger partial charge < -0.3 is 14.8 Å². The SMILES string of the molecule is COCCOCCN[C@H](C)c1ccccn1. The molecule has 0 aromatic carbocycles. The molecule has 4 heteroatoms. The van der Waals surface area contributed by atoms with Crippen molar-refractivity contribution in [1.82, 2.24) is 10.3 Å². The summed E-state index contributed by atoms with van der Waals surface area (Å²) in [6.07, 6.45) is 1.81. The van der Waals surface area contributed by atoms with Crippen LogP contribution in [0, 0.1) is 0 Å². The van der Waals surface area contributed by atoms with Gasteiger partial charge in [-0.1, -0.05) is 6.07 Å². The first-order valence-electron chi connectivity index (χ1n) is 5.55. The predicted octanol–water partition coefficient (Wildman–Crippen LogP) is 1.40. The maximum atomic E-state index is 5.35. The van der Waals surface area contributed by atoms with E-state index in [2.05, 4.69) is 17.2 Å². The van der Waals surface area contributed by atoms with Crippen LogP contribution in [0.5, 0.6) is 0 Å². The number of hydrogen-bond donors (Lipinski definition) is 1. The zero-order valence-corrected chi connectivity index (χ0v) is 9.98. The monoisotopic (exact) mass is 224 g/mol. The fourth-order valence-electron chi connectivity index (χ4n) is 1.33. The number of nitrogens with one attached hydrogen (secondary N) is 1. The average molecular weight is 224 g/mol. The van der Waals surface area contributed by atoms with Crippen molar-refractivity contribution in [2.24, 2.45) is 0 Å². The highest BCUT2D eigenvalue weighted by atomic mass is 16.5. The molecular weight excluding hydrogens is 204 g/mol. The van der Waals surface area contributed by atoms with Gasteiger partial charge in [0.25, 0.3) is 0 Å². The zero-order chi connectivity index (χ0) is 11.6. The number of rotatable bonds is 8. The summed E-state index contributed by atoms with van der Waals surface area (Å²) in [7, 11) is 1.67.